The molecule has 3 N–H and O–H groups in total. The summed E-state index contributed by atoms with van der Waals surface area (Å²) in [6.07, 6.45) is 0.832. The standard InChI is InChI=1S/C12H17BrN2O2S/c1-17-6-2-5-15-12(16)8-18-11-4-3-9(14)7-10(11)13/h3-4,7H,2,5-6,8,14H2,1H3,(H,15,16). The minimum absolute atomic E-state index is 0.0276. The quantitative estimate of drug-likeness (QED) is 0.456. The van der Waals surface area contributed by atoms with E-state index in [1.54, 1.807) is 7.11 Å². The molecule has 0 atom stereocenters. The average Bonchev–Trinajstić information content (AvgIpc) is 2.33. The molecule has 0 radical (unpaired) electrons. The molecule has 0 saturated carbocycles. The van der Waals surface area contributed by atoms with Crippen LogP contribution >= 0.6 is 27.7 Å². The molecular weight excluding hydrogens is 316 g/mol. The first-order valence-electron chi connectivity index (χ1n) is 5.57. The number of methoxy groups -OCH3 is 1. The first-order chi connectivity index (χ1) is 8.63. The number of thioether (sulfide) groups is 1. The Kier molecular flexibility index (Phi) is 7.15. The molecule has 0 aromatic heterocycles. The highest BCUT2D eigenvalue weighted by Crippen LogP contribution is 2.28. The number of halogens is 1. The summed E-state index contributed by atoms with van der Waals surface area (Å²) in [7, 11) is 1.65. The van der Waals surface area contributed by atoms with Crippen molar-refractivity contribution in [1.82, 2.24) is 5.32 Å². The Balaban J connectivity index is 2.29. The van der Waals surface area contributed by atoms with Crippen LogP contribution in [0, 0.1) is 0 Å². The number of rotatable bonds is 7. The number of amides is 1. The van der Waals surface area contributed by atoms with Gasteiger partial charge in [-0.2, -0.15) is 0 Å². The zero-order valence-corrected chi connectivity index (χ0v) is 12.6. The van der Waals surface area contributed by atoms with Gasteiger partial charge in [0.1, 0.15) is 0 Å². The van der Waals surface area contributed by atoms with E-state index in [9.17, 15) is 4.79 Å². The molecule has 1 aromatic rings. The van der Waals surface area contributed by atoms with Crippen LogP contribution in [0.4, 0.5) is 5.69 Å². The third-order valence-electron chi connectivity index (χ3n) is 2.16. The Hall–Kier alpha value is -0.720. The monoisotopic (exact) mass is 332 g/mol. The Morgan fingerprint density at radius 1 is 1.56 bits per heavy atom. The topological polar surface area (TPSA) is 64.3 Å². The zero-order chi connectivity index (χ0) is 13.4. The molecule has 18 heavy (non-hydrogen) atoms. The van der Waals surface area contributed by atoms with Gasteiger partial charge in [-0.15, -0.1) is 11.8 Å². The van der Waals surface area contributed by atoms with Gasteiger partial charge in [0.25, 0.3) is 0 Å². The smallest absolute Gasteiger partial charge is 0.230 e. The van der Waals surface area contributed by atoms with Gasteiger partial charge in [-0.1, -0.05) is 0 Å². The number of carbonyl (C=O) groups excluding carboxylic acids is 1. The number of nitrogens with two attached hydrogens (primary N) is 1. The van der Waals surface area contributed by atoms with Crippen molar-refractivity contribution < 1.29 is 9.53 Å². The molecule has 0 fully saturated rings. The lowest BCUT2D eigenvalue weighted by molar-refractivity contribution is -0.118. The molecule has 6 heteroatoms. The molecule has 4 nitrogen and oxygen atoms in total. The van der Waals surface area contributed by atoms with Crippen molar-refractivity contribution in [2.24, 2.45) is 0 Å². The number of nitrogen functional groups attached to an aromatic ring is 1. The van der Waals surface area contributed by atoms with Gasteiger partial charge in [-0.3, -0.25) is 4.79 Å². The van der Waals surface area contributed by atoms with Gasteiger partial charge in [0.05, 0.1) is 5.75 Å². The summed E-state index contributed by atoms with van der Waals surface area (Å²) >= 11 is 4.90. The van der Waals surface area contributed by atoms with Crippen molar-refractivity contribution in [1.29, 1.82) is 0 Å². The Labute approximate surface area is 120 Å². The van der Waals surface area contributed by atoms with Crippen LogP contribution in [0.2, 0.25) is 0 Å². The molecule has 0 aliphatic heterocycles. The first-order valence-corrected chi connectivity index (χ1v) is 7.35. The number of hydrogen-bond donors (Lipinski definition) is 2. The maximum Gasteiger partial charge on any atom is 0.230 e. The highest BCUT2D eigenvalue weighted by molar-refractivity contribution is 9.10. The predicted molar refractivity (Wildman–Crippen MR) is 78.8 cm³/mol. The van der Waals surface area contributed by atoms with E-state index < -0.39 is 0 Å². The van der Waals surface area contributed by atoms with Gasteiger partial charge >= 0.3 is 0 Å². The van der Waals surface area contributed by atoms with E-state index in [1.807, 2.05) is 18.2 Å². The maximum atomic E-state index is 11.5. The molecule has 1 rings (SSSR count). The van der Waals surface area contributed by atoms with E-state index in [2.05, 4.69) is 21.2 Å². The molecule has 0 spiro atoms. The molecule has 0 aliphatic carbocycles. The molecule has 1 aromatic carbocycles. The van der Waals surface area contributed by atoms with Gasteiger partial charge in [0.2, 0.25) is 5.91 Å². The molecule has 0 unspecified atom stereocenters. The van der Waals surface area contributed by atoms with Crippen molar-refractivity contribution in [2.75, 3.05) is 31.7 Å². The lowest BCUT2D eigenvalue weighted by atomic mass is 10.3. The van der Waals surface area contributed by atoms with Gasteiger partial charge in [-0.05, 0) is 40.5 Å². The van der Waals surface area contributed by atoms with Crippen LogP contribution in [0.1, 0.15) is 6.42 Å². The number of carbonyl (C=O) groups is 1. The van der Waals surface area contributed by atoms with E-state index >= 15 is 0 Å². The molecule has 0 saturated heterocycles. The number of ether oxygens (including phenoxy) is 1. The van der Waals surface area contributed by atoms with Gasteiger partial charge in [-0.25, -0.2) is 0 Å². The fourth-order valence-corrected chi connectivity index (χ4v) is 2.76. The van der Waals surface area contributed by atoms with E-state index in [0.717, 1.165) is 15.8 Å². The summed E-state index contributed by atoms with van der Waals surface area (Å²) < 4.78 is 5.82. The van der Waals surface area contributed by atoms with Crippen LogP contribution in [-0.4, -0.2) is 31.9 Å². The molecule has 0 heterocycles. The Morgan fingerprint density at radius 3 is 3.00 bits per heavy atom. The second-order valence-electron chi connectivity index (χ2n) is 3.67. The molecule has 0 bridgehead atoms. The minimum atomic E-state index is 0.0276. The van der Waals surface area contributed by atoms with Crippen LogP contribution in [-0.2, 0) is 9.53 Å². The van der Waals surface area contributed by atoms with Crippen LogP contribution < -0.4 is 11.1 Å². The lowest BCUT2D eigenvalue weighted by Gasteiger charge is -2.06. The second-order valence-corrected chi connectivity index (χ2v) is 5.55. The van der Waals surface area contributed by atoms with Crippen molar-refractivity contribution in [3.8, 4) is 0 Å². The normalized spacial score (nSPS) is 10.3. The number of nitrogens with one attached hydrogen (secondary N) is 1. The van der Waals surface area contributed by atoms with Gasteiger partial charge in [0, 0.05) is 35.3 Å². The summed E-state index contributed by atoms with van der Waals surface area (Å²) in [4.78, 5) is 12.6. The molecule has 100 valence electrons. The lowest BCUT2D eigenvalue weighted by Crippen LogP contribution is -2.26. The highest BCUT2D eigenvalue weighted by Gasteiger charge is 2.05. The summed E-state index contributed by atoms with van der Waals surface area (Å²) in [6, 6.07) is 5.56. The van der Waals surface area contributed by atoms with E-state index in [0.29, 0.717) is 24.6 Å². The second kappa shape index (κ2) is 8.39. The fraction of sp³-hybridized carbons (Fsp3) is 0.417. The largest absolute Gasteiger partial charge is 0.399 e. The SMILES string of the molecule is COCCCNC(=O)CSc1ccc(N)cc1Br. The number of anilines is 1. The Morgan fingerprint density at radius 2 is 2.33 bits per heavy atom. The molecule has 1 amide bonds. The third kappa shape index (κ3) is 5.75. The van der Waals surface area contributed by atoms with Crippen LogP contribution in [0.25, 0.3) is 0 Å². The first kappa shape index (κ1) is 15.3. The number of benzene rings is 1. The summed E-state index contributed by atoms with van der Waals surface area (Å²) in [6.45, 7) is 1.31. The summed E-state index contributed by atoms with van der Waals surface area (Å²) in [5.41, 5.74) is 6.35. The summed E-state index contributed by atoms with van der Waals surface area (Å²) in [5.74, 6) is 0.426. The predicted octanol–water partition coefficient (Wildman–Crippen LogP) is 2.28. The minimum Gasteiger partial charge on any atom is -0.399 e. The third-order valence-corrected chi connectivity index (χ3v) is 4.15. The van der Waals surface area contributed by atoms with Crippen molar-refractivity contribution in [3.63, 3.8) is 0 Å². The van der Waals surface area contributed by atoms with Gasteiger partial charge < -0.3 is 15.8 Å². The van der Waals surface area contributed by atoms with Gasteiger partial charge in [0.15, 0.2) is 0 Å². The zero-order valence-electron chi connectivity index (χ0n) is 10.2. The van der Waals surface area contributed by atoms with Crippen molar-refractivity contribution >= 4 is 39.3 Å². The van der Waals surface area contributed by atoms with E-state index in [1.165, 1.54) is 11.8 Å². The molecular formula is C12H17BrN2O2S. The van der Waals surface area contributed by atoms with E-state index in [-0.39, 0.29) is 5.91 Å². The van der Waals surface area contributed by atoms with Crippen molar-refractivity contribution in [3.05, 3.63) is 22.7 Å². The van der Waals surface area contributed by atoms with Crippen molar-refractivity contribution in [2.45, 2.75) is 11.3 Å². The molecule has 0 aliphatic rings. The maximum absolute atomic E-state index is 11.5. The number of hydrogen-bond acceptors (Lipinski definition) is 4. The highest BCUT2D eigenvalue weighted by atomic mass is 79.9. The average molecular weight is 333 g/mol. The summed E-state index contributed by atoms with van der Waals surface area (Å²) in [5, 5.41) is 2.84. The fourth-order valence-electron chi connectivity index (χ4n) is 1.27. The van der Waals surface area contributed by atoms with Crippen LogP contribution in [0.5, 0.6) is 0 Å². The van der Waals surface area contributed by atoms with E-state index in [4.69, 9.17) is 10.5 Å². The van der Waals surface area contributed by atoms with Crippen LogP contribution in [0.15, 0.2) is 27.6 Å². The van der Waals surface area contributed by atoms with Crippen LogP contribution in [0.3, 0.4) is 0 Å². The Bertz CT molecular complexity index is 402.